The smallest absolute Gasteiger partial charge is 0.194 e. The van der Waals surface area contributed by atoms with Gasteiger partial charge < -0.3 is 4.57 Å². The molecule has 4 aromatic heterocycles. The van der Waals surface area contributed by atoms with Crippen LogP contribution in [0.25, 0.3) is 37.8 Å². The van der Waals surface area contributed by atoms with Gasteiger partial charge in [-0.2, -0.15) is 0 Å². The fourth-order valence-electron chi connectivity index (χ4n) is 5.54. The number of hydrogen-bond acceptors (Lipinski definition) is 4. The molecule has 0 unspecified atom stereocenters. The first-order valence-corrected chi connectivity index (χ1v) is 17.8. The summed E-state index contributed by atoms with van der Waals surface area (Å²) >= 11 is 3.65. The minimum Gasteiger partial charge on any atom is -0.326 e. The van der Waals surface area contributed by atoms with Crippen LogP contribution < -0.4 is 0 Å². The van der Waals surface area contributed by atoms with E-state index >= 15 is 0 Å². The lowest BCUT2D eigenvalue weighted by Gasteiger charge is -1.96. The zero-order chi connectivity index (χ0) is 32.5. The van der Waals surface area contributed by atoms with Crippen LogP contribution in [0.3, 0.4) is 0 Å². The number of imidazole rings is 2. The van der Waals surface area contributed by atoms with Gasteiger partial charge in [0.1, 0.15) is 5.82 Å². The molecule has 0 N–H and O–H groups in total. The van der Waals surface area contributed by atoms with E-state index in [-0.39, 0.29) is 7.43 Å². The molecule has 2 aliphatic rings. The summed E-state index contributed by atoms with van der Waals surface area (Å²) in [5.41, 5.74) is 10.5. The van der Waals surface area contributed by atoms with E-state index in [0.717, 1.165) is 35.0 Å². The molecule has 0 bridgehead atoms. The van der Waals surface area contributed by atoms with E-state index in [4.69, 9.17) is 0 Å². The minimum absolute atomic E-state index is 0. The maximum atomic E-state index is 4.52. The quantitative estimate of drug-likeness (QED) is 0.164. The lowest BCUT2D eigenvalue weighted by Crippen LogP contribution is -1.88. The summed E-state index contributed by atoms with van der Waals surface area (Å²) in [7, 11) is 0. The van der Waals surface area contributed by atoms with Crippen molar-refractivity contribution in [3.8, 4) is 21.8 Å². The Hall–Kier alpha value is -4.00. The summed E-state index contributed by atoms with van der Waals surface area (Å²) in [6.45, 7) is 19.3. The van der Waals surface area contributed by atoms with Gasteiger partial charge in [0.05, 0.1) is 16.7 Å². The zero-order valence-corrected chi connectivity index (χ0v) is 29.8. The Morgan fingerprint density at radius 2 is 1.26 bits per heavy atom. The van der Waals surface area contributed by atoms with Gasteiger partial charge >= 0.3 is 0 Å². The molecule has 46 heavy (non-hydrogen) atoms. The number of fused-ring (bicyclic) bond motifs is 9. The summed E-state index contributed by atoms with van der Waals surface area (Å²) in [6.07, 6.45) is 5.38. The normalized spacial score (nSPS) is 10.8. The van der Waals surface area contributed by atoms with Crippen molar-refractivity contribution in [1.82, 2.24) is 18.9 Å². The monoisotopic (exact) mass is 650 g/mol. The van der Waals surface area contributed by atoms with E-state index in [0.29, 0.717) is 0 Å². The molecule has 0 fully saturated rings. The molecule has 6 heteroatoms. The third-order valence-corrected chi connectivity index (χ3v) is 9.22. The average molecular weight is 651 g/mol. The second-order valence-electron chi connectivity index (χ2n) is 10.1. The summed E-state index contributed by atoms with van der Waals surface area (Å²) in [4.78, 5) is 14.3. The summed E-state index contributed by atoms with van der Waals surface area (Å²) in [6, 6.07) is 27.7. The van der Waals surface area contributed by atoms with E-state index in [1.165, 1.54) is 48.0 Å². The van der Waals surface area contributed by atoms with Crippen LogP contribution in [0.1, 0.15) is 81.1 Å². The predicted molar refractivity (Wildman–Crippen MR) is 205 cm³/mol. The molecule has 0 amide bonds. The second kappa shape index (κ2) is 17.1. The van der Waals surface area contributed by atoms with Crippen LogP contribution in [0.5, 0.6) is 0 Å². The summed E-state index contributed by atoms with van der Waals surface area (Å²) < 4.78 is 4.36. The van der Waals surface area contributed by atoms with E-state index < -0.39 is 0 Å². The van der Waals surface area contributed by atoms with Crippen molar-refractivity contribution in [3.63, 3.8) is 0 Å². The molecule has 0 atom stereocenters. The maximum Gasteiger partial charge on any atom is 0.194 e. The van der Waals surface area contributed by atoms with Gasteiger partial charge in [-0.05, 0) is 67.6 Å². The number of thiazole rings is 1. The van der Waals surface area contributed by atoms with Gasteiger partial charge in [-0.3, -0.25) is 4.40 Å². The summed E-state index contributed by atoms with van der Waals surface area (Å²) in [5, 5.41) is 0. The lowest BCUT2D eigenvalue weighted by molar-refractivity contribution is 0.846. The zero-order valence-electron chi connectivity index (χ0n) is 28.2. The molecule has 0 saturated heterocycles. The fraction of sp³-hybridized carbons (Fsp3) is 0.300. The molecule has 0 spiro atoms. The molecule has 0 radical (unpaired) electrons. The van der Waals surface area contributed by atoms with Crippen LogP contribution in [0.2, 0.25) is 0 Å². The molecule has 7 aromatic rings. The van der Waals surface area contributed by atoms with Gasteiger partial charge in [0.15, 0.2) is 4.96 Å². The summed E-state index contributed by atoms with van der Waals surface area (Å²) in [5.74, 6) is 1.12. The third kappa shape index (κ3) is 7.68. The largest absolute Gasteiger partial charge is 0.326 e. The number of hydrogen-bond donors (Lipinski definition) is 0. The topological polar surface area (TPSA) is 35.1 Å². The molecular weight excluding hydrogens is 601 g/mol. The first kappa shape index (κ1) is 36.5. The standard InChI is InChI=1S/C12H10S.C11H10N2.C10H8N2S.3C2H6.CH4/c1-8-6-10-7-9-4-2-3-5-11(9)12(10)13-8;1-8-6-13-7-9-4-2-3-5-10(9)11(13)12-8;1-7-6-12-9-5-3-2-4-8(9)11-10(12)13-7;3*1-2;/h2*2-6H,7H2,1H3;2-6H,1H3;3*1-2H3;1H4. The van der Waals surface area contributed by atoms with Crippen molar-refractivity contribution in [2.45, 2.75) is 82.7 Å². The number of rotatable bonds is 0. The highest BCUT2D eigenvalue weighted by Crippen LogP contribution is 2.41. The Balaban J connectivity index is 0.000000172. The molecule has 3 aromatic carbocycles. The van der Waals surface area contributed by atoms with Crippen LogP contribution in [0.4, 0.5) is 0 Å². The molecular formula is C40H50N4S2. The van der Waals surface area contributed by atoms with Crippen LogP contribution in [-0.4, -0.2) is 18.9 Å². The van der Waals surface area contributed by atoms with Crippen molar-refractivity contribution in [2.75, 3.05) is 0 Å². The average Bonchev–Trinajstić information content (AvgIpc) is 3.91. The Morgan fingerprint density at radius 3 is 2.00 bits per heavy atom. The van der Waals surface area contributed by atoms with Crippen molar-refractivity contribution >= 4 is 38.7 Å². The van der Waals surface area contributed by atoms with Crippen molar-refractivity contribution in [3.05, 3.63) is 123 Å². The lowest BCUT2D eigenvalue weighted by atomic mass is 10.1. The van der Waals surface area contributed by atoms with Crippen molar-refractivity contribution < 1.29 is 0 Å². The molecule has 1 aliphatic heterocycles. The minimum atomic E-state index is 0. The van der Waals surface area contributed by atoms with Gasteiger partial charge in [-0.15, -0.1) is 22.7 Å². The maximum absolute atomic E-state index is 4.52. The van der Waals surface area contributed by atoms with E-state index in [1.807, 2.05) is 78.0 Å². The van der Waals surface area contributed by atoms with Crippen molar-refractivity contribution in [2.24, 2.45) is 0 Å². The van der Waals surface area contributed by atoms with Gasteiger partial charge in [0.25, 0.3) is 0 Å². The van der Waals surface area contributed by atoms with Gasteiger partial charge in [-0.25, -0.2) is 9.97 Å². The second-order valence-corrected chi connectivity index (χ2v) is 12.6. The molecule has 5 heterocycles. The van der Waals surface area contributed by atoms with Crippen molar-refractivity contribution in [1.29, 1.82) is 0 Å². The highest BCUT2D eigenvalue weighted by atomic mass is 32.1. The third-order valence-electron chi connectivity index (χ3n) is 7.20. The number of aromatic nitrogens is 4. The van der Waals surface area contributed by atoms with E-state index in [1.54, 1.807) is 11.3 Å². The predicted octanol–water partition coefficient (Wildman–Crippen LogP) is 12.4. The molecule has 0 saturated carbocycles. The van der Waals surface area contributed by atoms with E-state index in [9.17, 15) is 0 Å². The van der Waals surface area contributed by atoms with Crippen LogP contribution in [0, 0.1) is 20.8 Å². The van der Waals surface area contributed by atoms with Gasteiger partial charge in [0, 0.05) is 39.1 Å². The first-order chi connectivity index (χ1) is 22.0. The first-order valence-electron chi connectivity index (χ1n) is 16.2. The number of benzene rings is 3. The number of aryl methyl sites for hydroxylation is 3. The molecule has 242 valence electrons. The SMILES string of the molecule is C.CC.CC.CC.Cc1cc2c(s1)-c1ccccc1C2.Cc1cn2c(n1)-c1ccccc1C2.Cc1cn2c(nc3ccccc32)s1. The fourth-order valence-corrected chi connectivity index (χ4v) is 7.47. The van der Waals surface area contributed by atoms with Gasteiger partial charge in [-0.1, -0.05) is 110 Å². The highest BCUT2D eigenvalue weighted by molar-refractivity contribution is 7.17. The van der Waals surface area contributed by atoms with Crippen LogP contribution in [0.15, 0.2) is 91.3 Å². The number of thiophene rings is 1. The number of para-hydroxylation sites is 2. The molecule has 1 aliphatic carbocycles. The van der Waals surface area contributed by atoms with Crippen LogP contribution in [-0.2, 0) is 13.0 Å². The Bertz CT molecular complexity index is 1880. The van der Waals surface area contributed by atoms with Gasteiger partial charge in [0.2, 0.25) is 0 Å². The Kier molecular flexibility index (Phi) is 13.5. The van der Waals surface area contributed by atoms with E-state index in [2.05, 4.69) is 106 Å². The Morgan fingerprint density at radius 1 is 0.630 bits per heavy atom. The van der Waals surface area contributed by atoms with Crippen LogP contribution >= 0.6 is 22.7 Å². The Labute approximate surface area is 284 Å². The molecule has 4 nitrogen and oxygen atoms in total. The highest BCUT2D eigenvalue weighted by Gasteiger charge is 2.20. The number of nitrogens with zero attached hydrogens (tertiary/aromatic N) is 4. The molecule has 9 rings (SSSR count).